The van der Waals surface area contributed by atoms with Gasteiger partial charge in [0.1, 0.15) is 0 Å². The second-order valence-corrected chi connectivity index (χ2v) is 3.58. The maximum atomic E-state index is 5.64. The van der Waals surface area contributed by atoms with E-state index in [1.807, 2.05) is 0 Å². The van der Waals surface area contributed by atoms with Crippen molar-refractivity contribution in [2.45, 2.75) is 0 Å². The SMILES string of the molecule is Clc1[c-]c(Cl)c(Cl)c(Cl)c1Cl.O.[Na+]. The molecular weight excluding hydrogens is 288 g/mol. The summed E-state index contributed by atoms with van der Waals surface area (Å²) in [5.41, 5.74) is 0. The van der Waals surface area contributed by atoms with Gasteiger partial charge >= 0.3 is 29.6 Å². The van der Waals surface area contributed by atoms with Gasteiger partial charge < -0.3 is 5.48 Å². The van der Waals surface area contributed by atoms with Gasteiger partial charge in [0.2, 0.25) is 0 Å². The van der Waals surface area contributed by atoms with Crippen molar-refractivity contribution >= 4 is 58.0 Å². The van der Waals surface area contributed by atoms with E-state index < -0.39 is 0 Å². The minimum Gasteiger partial charge on any atom is -0.412 e. The Morgan fingerprint density at radius 2 is 1.00 bits per heavy atom. The van der Waals surface area contributed by atoms with Crippen molar-refractivity contribution in [3.63, 3.8) is 0 Å². The van der Waals surface area contributed by atoms with Crippen LogP contribution in [0.1, 0.15) is 0 Å². The molecule has 2 N–H and O–H groups in total. The second-order valence-electron chi connectivity index (χ2n) is 1.69. The van der Waals surface area contributed by atoms with Gasteiger partial charge in [-0.1, -0.05) is 10.0 Å². The number of benzene rings is 1. The van der Waals surface area contributed by atoms with Gasteiger partial charge in [0.15, 0.2) is 0 Å². The Labute approximate surface area is 123 Å². The maximum Gasteiger partial charge on any atom is 1.00 e. The molecule has 0 bridgehead atoms. The first-order valence-corrected chi connectivity index (χ1v) is 4.33. The summed E-state index contributed by atoms with van der Waals surface area (Å²) < 4.78 is 0. The Bertz CT molecular complexity index is 277. The first-order chi connectivity index (χ1) is 5.04. The van der Waals surface area contributed by atoms with Crippen molar-refractivity contribution in [3.8, 4) is 0 Å². The zero-order valence-corrected chi connectivity index (χ0v) is 12.2. The molecule has 0 unspecified atom stereocenters. The molecule has 1 aromatic rings. The third-order valence-corrected chi connectivity index (χ3v) is 3.08. The molecule has 1 aromatic carbocycles. The zero-order chi connectivity index (χ0) is 8.59. The molecule has 1 nitrogen and oxygen atoms in total. The molecule has 0 aliphatic heterocycles. The number of rotatable bonds is 0. The Hall–Kier alpha value is 1.63. The molecule has 0 heterocycles. The van der Waals surface area contributed by atoms with Gasteiger partial charge in [0.05, 0.1) is 0 Å². The first kappa shape index (κ1) is 17.0. The molecule has 0 aliphatic carbocycles. The van der Waals surface area contributed by atoms with Crippen LogP contribution in [0.25, 0.3) is 0 Å². The van der Waals surface area contributed by atoms with Crippen LogP contribution in [-0.2, 0) is 0 Å². The molecule has 0 saturated carbocycles. The topological polar surface area (TPSA) is 31.5 Å². The van der Waals surface area contributed by atoms with Gasteiger partial charge in [0, 0.05) is 0 Å². The average Bonchev–Trinajstić information content (AvgIpc) is 1.97. The first-order valence-electron chi connectivity index (χ1n) is 2.44. The van der Waals surface area contributed by atoms with Crippen molar-refractivity contribution < 1.29 is 35.0 Å². The molecule has 0 aromatic heterocycles. The van der Waals surface area contributed by atoms with Crippen molar-refractivity contribution in [1.29, 1.82) is 0 Å². The minimum absolute atomic E-state index is 0. The van der Waals surface area contributed by atoms with E-state index in [1.165, 1.54) is 0 Å². The van der Waals surface area contributed by atoms with Gasteiger partial charge in [-0.25, -0.2) is 0 Å². The normalized spacial score (nSPS) is 8.69. The molecule has 0 spiro atoms. The van der Waals surface area contributed by atoms with Crippen molar-refractivity contribution in [3.05, 3.63) is 31.2 Å². The summed E-state index contributed by atoms with van der Waals surface area (Å²) in [5, 5.41) is 0.838. The largest absolute Gasteiger partial charge is 1.00 e. The summed E-state index contributed by atoms with van der Waals surface area (Å²) in [4.78, 5) is 0. The van der Waals surface area contributed by atoms with Crippen molar-refractivity contribution in [1.82, 2.24) is 0 Å². The molecule has 0 atom stereocenters. The predicted octanol–water partition coefficient (Wildman–Crippen LogP) is 0.933. The second kappa shape index (κ2) is 7.00. The van der Waals surface area contributed by atoms with Crippen LogP contribution in [0.2, 0.25) is 25.1 Å². The van der Waals surface area contributed by atoms with E-state index in [-0.39, 0.29) is 60.1 Å². The molecule has 7 heteroatoms. The standard InChI is InChI=1S/C6Cl5.Na.H2O/c7-2-1-3(8)5(10)6(11)4(2)9;;/h;;1H2/q-1;+1;. The molecule has 0 saturated heterocycles. The van der Waals surface area contributed by atoms with Gasteiger partial charge in [-0.2, -0.15) is 23.2 Å². The fourth-order valence-electron chi connectivity index (χ4n) is 0.495. The molecule has 68 valence electrons. The van der Waals surface area contributed by atoms with Crippen LogP contribution in [0, 0.1) is 6.07 Å². The van der Waals surface area contributed by atoms with Gasteiger partial charge in [0.25, 0.3) is 0 Å². The summed E-state index contributed by atoms with van der Waals surface area (Å²) in [6.45, 7) is 0. The van der Waals surface area contributed by atoms with E-state index in [0.717, 1.165) is 0 Å². The van der Waals surface area contributed by atoms with E-state index in [0.29, 0.717) is 0 Å². The van der Waals surface area contributed by atoms with E-state index >= 15 is 0 Å². The van der Waals surface area contributed by atoms with Crippen molar-refractivity contribution in [2.24, 2.45) is 0 Å². The Balaban J connectivity index is 0. The van der Waals surface area contributed by atoms with E-state index in [4.69, 9.17) is 58.0 Å². The van der Waals surface area contributed by atoms with Crippen LogP contribution in [0.5, 0.6) is 0 Å². The Kier molecular flexibility index (Phi) is 9.17. The molecule has 0 radical (unpaired) electrons. The average molecular weight is 290 g/mol. The Morgan fingerprint density at radius 1 is 0.692 bits per heavy atom. The molecule has 0 aliphatic rings. The quantitative estimate of drug-likeness (QED) is 0.295. The molecule has 1 rings (SSSR count). The molecule has 0 fully saturated rings. The molecule has 0 amide bonds. The van der Waals surface area contributed by atoms with Crippen LogP contribution < -0.4 is 29.6 Å². The summed E-state index contributed by atoms with van der Waals surface area (Å²) >= 11 is 28.0. The summed E-state index contributed by atoms with van der Waals surface area (Å²) in [6, 6.07) is 2.53. The third kappa shape index (κ3) is 3.94. The van der Waals surface area contributed by atoms with Crippen LogP contribution in [-0.4, -0.2) is 5.48 Å². The fraction of sp³-hybridized carbons (Fsp3) is 0. The van der Waals surface area contributed by atoms with E-state index in [1.54, 1.807) is 0 Å². The van der Waals surface area contributed by atoms with Gasteiger partial charge in [-0.05, 0) is 15.1 Å². The van der Waals surface area contributed by atoms with Crippen LogP contribution in [0.4, 0.5) is 0 Å². The monoisotopic (exact) mass is 288 g/mol. The Morgan fingerprint density at radius 3 is 1.31 bits per heavy atom. The predicted molar refractivity (Wildman–Crippen MR) is 53.9 cm³/mol. The number of hydrogen-bond donors (Lipinski definition) is 0. The minimum atomic E-state index is 0. The van der Waals surface area contributed by atoms with E-state index in [9.17, 15) is 0 Å². The number of hydrogen-bond acceptors (Lipinski definition) is 0. The van der Waals surface area contributed by atoms with Crippen molar-refractivity contribution in [2.75, 3.05) is 0 Å². The van der Waals surface area contributed by atoms with E-state index in [2.05, 4.69) is 6.07 Å². The molecular formula is C6H2Cl5NaO. The summed E-state index contributed by atoms with van der Waals surface area (Å²) in [5.74, 6) is 0. The fourth-order valence-corrected chi connectivity index (χ4v) is 1.54. The maximum absolute atomic E-state index is 5.64. The van der Waals surface area contributed by atoms with Crippen LogP contribution >= 0.6 is 58.0 Å². The molecule has 13 heavy (non-hydrogen) atoms. The smallest absolute Gasteiger partial charge is 0.412 e. The summed E-state index contributed by atoms with van der Waals surface area (Å²) in [7, 11) is 0. The third-order valence-electron chi connectivity index (χ3n) is 0.990. The van der Waals surface area contributed by atoms with Crippen LogP contribution in [0.15, 0.2) is 0 Å². The number of halogens is 5. The summed E-state index contributed by atoms with van der Waals surface area (Å²) in [6.07, 6.45) is 0. The van der Waals surface area contributed by atoms with Gasteiger partial charge in [-0.3, -0.25) is 0 Å². The zero-order valence-electron chi connectivity index (χ0n) is 6.39. The van der Waals surface area contributed by atoms with Gasteiger partial charge in [-0.15, -0.1) is 40.9 Å². The van der Waals surface area contributed by atoms with Crippen LogP contribution in [0.3, 0.4) is 0 Å².